The molecule has 0 fully saturated rings. The molecule has 0 unspecified atom stereocenters. The van der Waals surface area contributed by atoms with E-state index < -0.39 is 0 Å². The Kier molecular flexibility index (Phi) is 5.74. The summed E-state index contributed by atoms with van der Waals surface area (Å²) in [4.78, 5) is 11.6. The molecule has 0 radical (unpaired) electrons. The maximum absolute atomic E-state index is 11.6. The van der Waals surface area contributed by atoms with Crippen LogP contribution in [0.25, 0.3) is 5.69 Å². The van der Waals surface area contributed by atoms with Crippen molar-refractivity contribution in [2.75, 3.05) is 11.9 Å². The van der Waals surface area contributed by atoms with Crippen molar-refractivity contribution in [1.29, 1.82) is 0 Å². The van der Waals surface area contributed by atoms with Crippen molar-refractivity contribution in [3.05, 3.63) is 41.6 Å². The Morgan fingerprint density at radius 3 is 2.36 bits per heavy atom. The highest BCUT2D eigenvalue weighted by atomic mass is 35.5. The van der Waals surface area contributed by atoms with Gasteiger partial charge < -0.3 is 11.1 Å². The zero-order chi connectivity index (χ0) is 15.6. The van der Waals surface area contributed by atoms with Gasteiger partial charge in [0.15, 0.2) is 0 Å². The number of benzene rings is 1. The van der Waals surface area contributed by atoms with Crippen molar-refractivity contribution in [2.45, 2.75) is 33.1 Å². The summed E-state index contributed by atoms with van der Waals surface area (Å²) in [5.41, 5.74) is 8.27. The maximum Gasteiger partial charge on any atom is 0.239 e. The van der Waals surface area contributed by atoms with Crippen LogP contribution in [-0.4, -0.2) is 22.2 Å². The summed E-state index contributed by atoms with van der Waals surface area (Å²) in [6.07, 6.45) is 0. The third-order valence-corrected chi connectivity index (χ3v) is 3.21. The molecular weight excluding hydrogens is 300 g/mol. The smallest absolute Gasteiger partial charge is 0.239 e. The second-order valence-corrected chi connectivity index (χ2v) is 6.16. The van der Waals surface area contributed by atoms with Gasteiger partial charge in [0.05, 0.1) is 17.9 Å². The summed E-state index contributed by atoms with van der Waals surface area (Å²) < 4.78 is 1.74. The molecule has 3 N–H and O–H groups in total. The summed E-state index contributed by atoms with van der Waals surface area (Å²) >= 11 is 0. The number of nitrogens with one attached hydrogen (secondary N) is 1. The molecule has 120 valence electrons. The van der Waals surface area contributed by atoms with E-state index in [0.717, 1.165) is 11.4 Å². The average Bonchev–Trinajstić information content (AvgIpc) is 2.83. The van der Waals surface area contributed by atoms with Gasteiger partial charge in [-0.3, -0.25) is 4.79 Å². The van der Waals surface area contributed by atoms with Gasteiger partial charge in [-0.2, -0.15) is 5.10 Å². The number of rotatable bonds is 3. The predicted molar refractivity (Wildman–Crippen MR) is 91.9 cm³/mol. The molecular formula is C16H23ClN4O. The second kappa shape index (κ2) is 6.94. The van der Waals surface area contributed by atoms with Crippen molar-refractivity contribution in [3.63, 3.8) is 0 Å². The monoisotopic (exact) mass is 322 g/mol. The van der Waals surface area contributed by atoms with Crippen molar-refractivity contribution in [1.82, 2.24) is 9.78 Å². The van der Waals surface area contributed by atoms with E-state index in [1.807, 2.05) is 37.3 Å². The molecule has 22 heavy (non-hydrogen) atoms. The highest BCUT2D eigenvalue weighted by Gasteiger charge is 2.21. The van der Waals surface area contributed by atoms with Gasteiger partial charge in [-0.25, -0.2) is 4.68 Å². The van der Waals surface area contributed by atoms with E-state index in [1.165, 1.54) is 5.56 Å². The topological polar surface area (TPSA) is 72.9 Å². The van der Waals surface area contributed by atoms with Crippen LogP contribution in [0.4, 0.5) is 5.82 Å². The Morgan fingerprint density at radius 2 is 1.86 bits per heavy atom. The van der Waals surface area contributed by atoms with Crippen LogP contribution in [0, 0.1) is 6.92 Å². The van der Waals surface area contributed by atoms with Crippen LogP contribution < -0.4 is 11.1 Å². The number of nitrogens with two attached hydrogens (primary N) is 1. The first-order valence-corrected chi connectivity index (χ1v) is 6.99. The Bertz CT molecular complexity index is 641. The van der Waals surface area contributed by atoms with Crippen molar-refractivity contribution >= 4 is 24.1 Å². The number of aryl methyl sites for hydroxylation is 1. The zero-order valence-corrected chi connectivity index (χ0v) is 14.2. The van der Waals surface area contributed by atoms with E-state index in [0.29, 0.717) is 5.82 Å². The van der Waals surface area contributed by atoms with Gasteiger partial charge in [-0.1, -0.05) is 38.5 Å². The first-order valence-electron chi connectivity index (χ1n) is 6.99. The molecule has 0 spiro atoms. The molecule has 0 aliphatic heterocycles. The Balaban J connectivity index is 0.00000242. The lowest BCUT2D eigenvalue weighted by Crippen LogP contribution is -2.23. The van der Waals surface area contributed by atoms with Crippen LogP contribution >= 0.6 is 12.4 Å². The van der Waals surface area contributed by atoms with Gasteiger partial charge in [-0.05, 0) is 19.1 Å². The molecule has 6 heteroatoms. The minimum absolute atomic E-state index is 0. The first-order chi connectivity index (χ1) is 9.81. The molecule has 1 aromatic heterocycles. The van der Waals surface area contributed by atoms with Crippen molar-refractivity contribution in [3.8, 4) is 5.69 Å². The van der Waals surface area contributed by atoms with Crippen molar-refractivity contribution in [2.24, 2.45) is 5.73 Å². The first kappa shape index (κ1) is 18.2. The van der Waals surface area contributed by atoms with E-state index in [9.17, 15) is 4.79 Å². The SMILES string of the molecule is Cc1ccc(-n2nc(C(C)(C)C)cc2NC(=O)CN)cc1.Cl. The van der Waals surface area contributed by atoms with Gasteiger partial charge in [0.2, 0.25) is 5.91 Å². The number of hydrogen-bond acceptors (Lipinski definition) is 3. The minimum atomic E-state index is -0.233. The quantitative estimate of drug-likeness (QED) is 0.912. The summed E-state index contributed by atoms with van der Waals surface area (Å²) in [7, 11) is 0. The van der Waals surface area contributed by atoms with E-state index >= 15 is 0 Å². The standard InChI is InChI=1S/C16H22N4O.ClH/c1-11-5-7-12(8-6-11)20-14(18-15(21)10-17)9-13(19-20)16(2,3)4;/h5-9H,10,17H2,1-4H3,(H,18,21);1H. The van der Waals surface area contributed by atoms with Gasteiger partial charge in [0.1, 0.15) is 5.82 Å². The van der Waals surface area contributed by atoms with Crippen LogP contribution in [0.15, 0.2) is 30.3 Å². The van der Waals surface area contributed by atoms with Crippen LogP contribution in [0.2, 0.25) is 0 Å². The molecule has 0 aliphatic carbocycles. The molecule has 1 aromatic carbocycles. The summed E-state index contributed by atoms with van der Waals surface area (Å²) in [6, 6.07) is 9.89. The Morgan fingerprint density at radius 1 is 1.27 bits per heavy atom. The van der Waals surface area contributed by atoms with E-state index in [2.05, 4.69) is 31.2 Å². The van der Waals surface area contributed by atoms with Crippen LogP contribution in [0.5, 0.6) is 0 Å². The fourth-order valence-corrected chi connectivity index (χ4v) is 1.91. The summed E-state index contributed by atoms with van der Waals surface area (Å²) in [5.74, 6) is 0.406. The number of amides is 1. The number of halogens is 1. The third-order valence-electron chi connectivity index (χ3n) is 3.21. The number of hydrogen-bond donors (Lipinski definition) is 2. The minimum Gasteiger partial charge on any atom is -0.322 e. The normalized spacial score (nSPS) is 11.0. The average molecular weight is 323 g/mol. The summed E-state index contributed by atoms with van der Waals surface area (Å²) in [5, 5.41) is 7.43. The summed E-state index contributed by atoms with van der Waals surface area (Å²) in [6.45, 7) is 8.24. The fraction of sp³-hybridized carbons (Fsp3) is 0.375. The van der Waals surface area contributed by atoms with E-state index in [1.54, 1.807) is 4.68 Å². The van der Waals surface area contributed by atoms with Gasteiger partial charge in [-0.15, -0.1) is 12.4 Å². The molecule has 0 bridgehead atoms. The van der Waals surface area contributed by atoms with Crippen molar-refractivity contribution < 1.29 is 4.79 Å². The Hall–Kier alpha value is -1.85. The van der Waals surface area contributed by atoms with Crippen LogP contribution in [-0.2, 0) is 10.2 Å². The van der Waals surface area contributed by atoms with Gasteiger partial charge >= 0.3 is 0 Å². The largest absolute Gasteiger partial charge is 0.322 e. The Labute approximate surface area is 137 Å². The number of carbonyl (C=O) groups excluding carboxylic acids is 1. The number of carbonyl (C=O) groups is 1. The van der Waals surface area contributed by atoms with Gasteiger partial charge in [0, 0.05) is 11.5 Å². The lowest BCUT2D eigenvalue weighted by Gasteiger charge is -2.14. The molecule has 5 nitrogen and oxygen atoms in total. The molecule has 0 atom stereocenters. The third kappa shape index (κ3) is 4.08. The number of nitrogens with zero attached hydrogens (tertiary/aromatic N) is 2. The van der Waals surface area contributed by atoms with E-state index in [-0.39, 0.29) is 30.3 Å². The molecule has 0 saturated carbocycles. The van der Waals surface area contributed by atoms with E-state index in [4.69, 9.17) is 5.73 Å². The molecule has 2 rings (SSSR count). The second-order valence-electron chi connectivity index (χ2n) is 6.16. The fourth-order valence-electron chi connectivity index (χ4n) is 1.91. The van der Waals surface area contributed by atoms with Gasteiger partial charge in [0.25, 0.3) is 0 Å². The zero-order valence-electron chi connectivity index (χ0n) is 13.4. The number of anilines is 1. The molecule has 1 heterocycles. The van der Waals surface area contributed by atoms with Crippen LogP contribution in [0.1, 0.15) is 32.0 Å². The van der Waals surface area contributed by atoms with Crippen LogP contribution in [0.3, 0.4) is 0 Å². The molecule has 0 saturated heterocycles. The highest BCUT2D eigenvalue weighted by Crippen LogP contribution is 2.26. The molecule has 2 aromatic rings. The maximum atomic E-state index is 11.6. The predicted octanol–water partition coefficient (Wildman–Crippen LogP) is 2.80. The lowest BCUT2D eigenvalue weighted by molar-refractivity contribution is -0.114. The highest BCUT2D eigenvalue weighted by molar-refractivity contribution is 5.91. The molecule has 0 aliphatic rings. The number of aromatic nitrogens is 2. The lowest BCUT2D eigenvalue weighted by atomic mass is 9.92. The molecule has 1 amide bonds.